The Hall–Kier alpha value is -1.65. The standard InChI is InChI=1S/C18H18N2S2/c21-18(22)17-19(13-15-7-3-1-4-8-15)11-12-20(17)14-16-9-5-2-6-10-16/h1-10H,11-14H2/p+1. The van der Waals surface area contributed by atoms with E-state index in [1.807, 2.05) is 12.1 Å². The molecule has 0 saturated carbocycles. The van der Waals surface area contributed by atoms with Crippen LogP contribution in [0.2, 0.25) is 0 Å². The predicted molar refractivity (Wildman–Crippen MR) is 98.7 cm³/mol. The van der Waals surface area contributed by atoms with Crippen LogP contribution < -0.4 is 0 Å². The maximum Gasteiger partial charge on any atom is 0.297 e. The number of thiol groups is 1. The molecule has 0 saturated heterocycles. The summed E-state index contributed by atoms with van der Waals surface area (Å²) in [6.07, 6.45) is 0. The van der Waals surface area contributed by atoms with Crippen LogP contribution in [0.5, 0.6) is 0 Å². The van der Waals surface area contributed by atoms with Gasteiger partial charge in [-0.05, 0) is 11.1 Å². The fourth-order valence-electron chi connectivity index (χ4n) is 2.84. The topological polar surface area (TPSA) is 6.25 Å². The summed E-state index contributed by atoms with van der Waals surface area (Å²) in [5, 5.41) is 0. The van der Waals surface area contributed by atoms with Crippen LogP contribution in [0.15, 0.2) is 60.7 Å². The van der Waals surface area contributed by atoms with Gasteiger partial charge in [-0.25, -0.2) is 0 Å². The Morgan fingerprint density at radius 2 is 1.59 bits per heavy atom. The minimum Gasteiger partial charge on any atom is -0.252 e. The molecule has 2 aromatic carbocycles. The third-order valence-corrected chi connectivity index (χ3v) is 4.25. The van der Waals surface area contributed by atoms with Crippen molar-refractivity contribution in [3.05, 3.63) is 71.8 Å². The first-order valence-electron chi connectivity index (χ1n) is 7.42. The first kappa shape index (κ1) is 15.3. The highest BCUT2D eigenvalue weighted by molar-refractivity contribution is 8.13. The molecule has 0 aliphatic carbocycles. The zero-order chi connectivity index (χ0) is 15.4. The summed E-state index contributed by atoms with van der Waals surface area (Å²) in [4.78, 5) is 2.33. The van der Waals surface area contributed by atoms with Gasteiger partial charge in [0.25, 0.3) is 5.84 Å². The monoisotopic (exact) mass is 327 g/mol. The van der Waals surface area contributed by atoms with Crippen molar-refractivity contribution in [2.45, 2.75) is 13.1 Å². The van der Waals surface area contributed by atoms with Crippen molar-refractivity contribution in [3.63, 3.8) is 0 Å². The second kappa shape index (κ2) is 7.07. The SMILES string of the molecule is S=C(S)C1=[N+](Cc2ccccc2)CCN1Cc1ccccc1. The van der Waals surface area contributed by atoms with E-state index >= 15 is 0 Å². The maximum atomic E-state index is 5.39. The summed E-state index contributed by atoms with van der Waals surface area (Å²) in [7, 11) is 0. The van der Waals surface area contributed by atoms with Gasteiger partial charge in [-0.3, -0.25) is 9.48 Å². The number of amidine groups is 1. The lowest BCUT2D eigenvalue weighted by atomic mass is 10.2. The third-order valence-electron chi connectivity index (χ3n) is 3.86. The van der Waals surface area contributed by atoms with E-state index in [0.29, 0.717) is 4.20 Å². The molecule has 1 aliphatic heterocycles. The molecule has 22 heavy (non-hydrogen) atoms. The Morgan fingerprint density at radius 3 is 2.18 bits per heavy atom. The van der Waals surface area contributed by atoms with Crippen LogP contribution in [0.3, 0.4) is 0 Å². The van der Waals surface area contributed by atoms with Gasteiger partial charge in [0.05, 0.1) is 0 Å². The fourth-order valence-corrected chi connectivity index (χ4v) is 3.38. The minimum atomic E-state index is 0.671. The maximum absolute atomic E-state index is 5.39. The van der Waals surface area contributed by atoms with Crippen LogP contribution >= 0.6 is 24.8 Å². The number of hydrogen-bond donors (Lipinski definition) is 1. The van der Waals surface area contributed by atoms with Crippen molar-refractivity contribution in [1.29, 1.82) is 0 Å². The van der Waals surface area contributed by atoms with E-state index in [1.54, 1.807) is 0 Å². The zero-order valence-corrected chi connectivity index (χ0v) is 14.1. The van der Waals surface area contributed by atoms with Crippen molar-refractivity contribution in [2.24, 2.45) is 0 Å². The fraction of sp³-hybridized carbons (Fsp3) is 0.222. The van der Waals surface area contributed by atoms with Crippen molar-refractivity contribution in [2.75, 3.05) is 13.1 Å². The molecule has 0 bridgehead atoms. The Bertz CT molecular complexity index is 681. The lowest BCUT2D eigenvalue weighted by Gasteiger charge is -2.12. The van der Waals surface area contributed by atoms with E-state index in [9.17, 15) is 0 Å². The number of rotatable bonds is 5. The van der Waals surface area contributed by atoms with Crippen molar-refractivity contribution >= 4 is 34.9 Å². The molecule has 112 valence electrons. The molecule has 0 aromatic heterocycles. The molecule has 2 aromatic rings. The molecular formula is C18H19N2S2+. The van der Waals surface area contributed by atoms with Gasteiger partial charge >= 0.3 is 0 Å². The average molecular weight is 327 g/mol. The van der Waals surface area contributed by atoms with E-state index < -0.39 is 0 Å². The summed E-state index contributed by atoms with van der Waals surface area (Å²) in [6.45, 7) is 3.72. The molecule has 1 heterocycles. The largest absolute Gasteiger partial charge is 0.297 e. The normalized spacial score (nSPS) is 14.5. The molecule has 0 spiro atoms. The first-order chi connectivity index (χ1) is 10.7. The highest BCUT2D eigenvalue weighted by Crippen LogP contribution is 2.14. The molecule has 0 radical (unpaired) electrons. The third kappa shape index (κ3) is 3.57. The van der Waals surface area contributed by atoms with Crippen molar-refractivity contribution < 1.29 is 4.58 Å². The van der Waals surface area contributed by atoms with E-state index in [1.165, 1.54) is 11.1 Å². The second-order valence-electron chi connectivity index (χ2n) is 5.44. The first-order valence-corrected chi connectivity index (χ1v) is 8.27. The smallest absolute Gasteiger partial charge is 0.252 e. The van der Waals surface area contributed by atoms with Gasteiger partial charge in [-0.15, -0.1) is 12.6 Å². The quantitative estimate of drug-likeness (QED) is 0.511. The van der Waals surface area contributed by atoms with Crippen LogP contribution in [0.4, 0.5) is 0 Å². The van der Waals surface area contributed by atoms with Crippen LogP contribution in [-0.2, 0) is 13.1 Å². The lowest BCUT2D eigenvalue weighted by molar-refractivity contribution is -0.532. The number of thiocarbonyl (C=S) groups is 1. The number of hydrogen-bond acceptors (Lipinski definition) is 2. The van der Waals surface area contributed by atoms with E-state index in [0.717, 1.165) is 32.0 Å². The van der Waals surface area contributed by atoms with E-state index in [-0.39, 0.29) is 0 Å². The Balaban J connectivity index is 1.82. The Labute approximate surface area is 142 Å². The summed E-state index contributed by atoms with van der Waals surface area (Å²) >= 11 is 9.84. The van der Waals surface area contributed by atoms with Crippen LogP contribution in [0.25, 0.3) is 0 Å². The van der Waals surface area contributed by atoms with Gasteiger partial charge in [0.1, 0.15) is 26.2 Å². The lowest BCUT2D eigenvalue weighted by Crippen LogP contribution is -2.32. The molecule has 2 nitrogen and oxygen atoms in total. The molecule has 3 rings (SSSR count). The molecule has 1 aliphatic rings. The van der Waals surface area contributed by atoms with Gasteiger partial charge in [0.2, 0.25) is 0 Å². The molecule has 0 atom stereocenters. The van der Waals surface area contributed by atoms with Crippen LogP contribution in [0, 0.1) is 0 Å². The van der Waals surface area contributed by atoms with Crippen LogP contribution in [-0.4, -0.2) is 32.6 Å². The highest BCUT2D eigenvalue weighted by Gasteiger charge is 2.32. The van der Waals surface area contributed by atoms with Crippen LogP contribution in [0.1, 0.15) is 11.1 Å². The molecule has 0 unspecified atom stereocenters. The summed E-state index contributed by atoms with van der Waals surface area (Å²) in [6, 6.07) is 21.0. The summed E-state index contributed by atoms with van der Waals surface area (Å²) in [5.74, 6) is 1.08. The second-order valence-corrected chi connectivity index (χ2v) is 6.60. The molecule has 0 fully saturated rings. The van der Waals surface area contributed by atoms with E-state index in [4.69, 9.17) is 12.2 Å². The molecule has 0 N–H and O–H groups in total. The van der Waals surface area contributed by atoms with Gasteiger partial charge in [0.15, 0.2) is 4.20 Å². The number of benzene rings is 2. The van der Waals surface area contributed by atoms with Crippen molar-refractivity contribution in [3.8, 4) is 0 Å². The predicted octanol–water partition coefficient (Wildman–Crippen LogP) is 3.37. The molecule has 4 heteroatoms. The zero-order valence-electron chi connectivity index (χ0n) is 12.4. The van der Waals surface area contributed by atoms with Gasteiger partial charge in [0, 0.05) is 0 Å². The Morgan fingerprint density at radius 1 is 1.00 bits per heavy atom. The molecule has 0 amide bonds. The minimum absolute atomic E-state index is 0.671. The van der Waals surface area contributed by atoms with Gasteiger partial charge in [-0.2, -0.15) is 0 Å². The summed E-state index contributed by atoms with van der Waals surface area (Å²) in [5.41, 5.74) is 2.59. The van der Waals surface area contributed by atoms with Gasteiger partial charge < -0.3 is 0 Å². The van der Waals surface area contributed by atoms with Gasteiger partial charge in [-0.1, -0.05) is 72.9 Å². The molecular weight excluding hydrogens is 308 g/mol. The highest BCUT2D eigenvalue weighted by atomic mass is 32.1. The van der Waals surface area contributed by atoms with Crippen molar-refractivity contribution in [1.82, 2.24) is 4.90 Å². The average Bonchev–Trinajstić information content (AvgIpc) is 2.92. The Kier molecular flexibility index (Phi) is 4.90. The number of nitrogens with zero attached hydrogens (tertiary/aromatic N) is 2. The summed E-state index contributed by atoms with van der Waals surface area (Å²) < 4.78 is 3.00. The van der Waals surface area contributed by atoms with E-state index in [2.05, 4.69) is 70.6 Å².